The van der Waals surface area contributed by atoms with Crippen LogP contribution in [0, 0.1) is 0 Å². The number of sulfonamides is 1. The van der Waals surface area contributed by atoms with Crippen LogP contribution in [0.3, 0.4) is 0 Å². The fourth-order valence-electron chi connectivity index (χ4n) is 3.22. The second kappa shape index (κ2) is 9.43. The summed E-state index contributed by atoms with van der Waals surface area (Å²) in [5, 5.41) is 1.76. The molecule has 0 saturated carbocycles. The first-order chi connectivity index (χ1) is 13.9. The highest BCUT2D eigenvalue weighted by molar-refractivity contribution is 7.92. The molecule has 1 unspecified atom stereocenters. The Hall–Kier alpha value is -2.35. The Bertz CT molecular complexity index is 972. The van der Waals surface area contributed by atoms with Gasteiger partial charge in [-0.1, -0.05) is 54.1 Å². The largest absolute Gasteiger partial charge is 0.367 e. The molecule has 0 bridgehead atoms. The first-order valence-corrected chi connectivity index (χ1v) is 11.3. The molecular formula is C21H24ClN3O3S. The normalized spacial score (nSPS) is 16.2. The minimum Gasteiger partial charge on any atom is -0.367 e. The van der Waals surface area contributed by atoms with E-state index in [1.807, 2.05) is 42.5 Å². The molecule has 2 aromatic rings. The summed E-state index contributed by atoms with van der Waals surface area (Å²) in [7, 11) is -3.73. The van der Waals surface area contributed by atoms with Crippen LogP contribution in [0.4, 0.5) is 5.69 Å². The standard InChI is InChI=1S/C21H24ClN3O3S/c1-17(23-29(27,28)16-11-18-7-3-2-4-8-18)21(26)25-14-12-24(13-15-25)20-10-6-5-9-19(20)22/h2-11,16-17,23H,12-15H2,1H3. The van der Waals surface area contributed by atoms with Crippen molar-refractivity contribution in [2.75, 3.05) is 31.1 Å². The van der Waals surface area contributed by atoms with Gasteiger partial charge >= 0.3 is 0 Å². The monoisotopic (exact) mass is 433 g/mol. The number of rotatable bonds is 6. The van der Waals surface area contributed by atoms with Crippen LogP contribution in [0.25, 0.3) is 6.08 Å². The fraction of sp³-hybridized carbons (Fsp3) is 0.286. The molecule has 1 aliphatic rings. The summed E-state index contributed by atoms with van der Waals surface area (Å²) in [6.07, 6.45) is 1.50. The number of piperazine rings is 1. The molecule has 1 saturated heterocycles. The van der Waals surface area contributed by atoms with Crippen molar-refractivity contribution in [3.63, 3.8) is 0 Å². The zero-order valence-corrected chi connectivity index (χ0v) is 17.7. The average molecular weight is 434 g/mol. The number of hydrogen-bond donors (Lipinski definition) is 1. The second-order valence-electron chi connectivity index (χ2n) is 6.86. The van der Waals surface area contributed by atoms with Gasteiger partial charge in [0.25, 0.3) is 0 Å². The summed E-state index contributed by atoms with van der Waals surface area (Å²) in [5.74, 6) is -0.236. The number of anilines is 1. The molecule has 1 fully saturated rings. The van der Waals surface area contributed by atoms with Crippen LogP contribution in [-0.4, -0.2) is 51.4 Å². The molecule has 0 radical (unpaired) electrons. The Balaban J connectivity index is 1.55. The van der Waals surface area contributed by atoms with E-state index in [9.17, 15) is 13.2 Å². The number of carbonyl (C=O) groups is 1. The minimum atomic E-state index is -3.73. The molecule has 8 heteroatoms. The lowest BCUT2D eigenvalue weighted by molar-refractivity contribution is -0.132. The van der Waals surface area contributed by atoms with E-state index in [-0.39, 0.29) is 5.91 Å². The van der Waals surface area contributed by atoms with E-state index in [4.69, 9.17) is 11.6 Å². The van der Waals surface area contributed by atoms with Gasteiger partial charge in [0.15, 0.2) is 0 Å². The summed E-state index contributed by atoms with van der Waals surface area (Å²) < 4.78 is 27.0. The minimum absolute atomic E-state index is 0.236. The highest BCUT2D eigenvalue weighted by Crippen LogP contribution is 2.26. The van der Waals surface area contributed by atoms with Gasteiger partial charge in [-0.25, -0.2) is 8.42 Å². The number of carbonyl (C=O) groups excluding carboxylic acids is 1. The van der Waals surface area contributed by atoms with Gasteiger partial charge in [0, 0.05) is 31.6 Å². The maximum absolute atomic E-state index is 12.7. The molecule has 0 aliphatic carbocycles. The van der Waals surface area contributed by atoms with Crippen LogP contribution >= 0.6 is 11.6 Å². The average Bonchev–Trinajstić information content (AvgIpc) is 2.73. The topological polar surface area (TPSA) is 69.7 Å². The van der Waals surface area contributed by atoms with E-state index in [1.165, 1.54) is 6.08 Å². The molecule has 1 aliphatic heterocycles. The van der Waals surface area contributed by atoms with Crippen molar-refractivity contribution in [2.24, 2.45) is 0 Å². The molecule has 154 valence electrons. The molecule has 0 spiro atoms. The van der Waals surface area contributed by atoms with Gasteiger partial charge in [0.2, 0.25) is 15.9 Å². The van der Waals surface area contributed by atoms with Crippen molar-refractivity contribution in [2.45, 2.75) is 13.0 Å². The van der Waals surface area contributed by atoms with Crippen LogP contribution in [-0.2, 0) is 14.8 Å². The molecule has 2 aromatic carbocycles. The number of amides is 1. The van der Waals surface area contributed by atoms with Gasteiger partial charge in [0.1, 0.15) is 0 Å². The third-order valence-corrected chi connectivity index (χ3v) is 6.23. The Morgan fingerprint density at radius 2 is 1.66 bits per heavy atom. The van der Waals surface area contributed by atoms with Crippen molar-refractivity contribution in [1.29, 1.82) is 0 Å². The van der Waals surface area contributed by atoms with Crippen LogP contribution in [0.1, 0.15) is 12.5 Å². The number of benzene rings is 2. The number of halogens is 1. The van der Waals surface area contributed by atoms with E-state index < -0.39 is 16.1 Å². The van der Waals surface area contributed by atoms with Crippen molar-refractivity contribution in [3.05, 3.63) is 70.6 Å². The fourth-order valence-corrected chi connectivity index (χ4v) is 4.48. The Morgan fingerprint density at radius 3 is 2.31 bits per heavy atom. The van der Waals surface area contributed by atoms with Crippen LogP contribution in [0.5, 0.6) is 0 Å². The number of nitrogens with one attached hydrogen (secondary N) is 1. The van der Waals surface area contributed by atoms with Crippen molar-refractivity contribution in [1.82, 2.24) is 9.62 Å². The molecule has 1 N–H and O–H groups in total. The SMILES string of the molecule is CC(NS(=O)(=O)C=Cc1ccccc1)C(=O)N1CCN(c2ccccc2Cl)CC1. The molecule has 0 aromatic heterocycles. The van der Waals surface area contributed by atoms with E-state index in [0.29, 0.717) is 31.2 Å². The van der Waals surface area contributed by atoms with E-state index in [0.717, 1.165) is 16.7 Å². The number of hydrogen-bond acceptors (Lipinski definition) is 4. The number of para-hydroxylation sites is 1. The molecule has 1 heterocycles. The second-order valence-corrected chi connectivity index (χ2v) is 8.87. The van der Waals surface area contributed by atoms with Gasteiger partial charge < -0.3 is 9.80 Å². The summed E-state index contributed by atoms with van der Waals surface area (Å²) in [6, 6.07) is 15.9. The van der Waals surface area contributed by atoms with Crippen molar-refractivity contribution < 1.29 is 13.2 Å². The Morgan fingerprint density at radius 1 is 1.03 bits per heavy atom. The van der Waals surface area contributed by atoms with Gasteiger partial charge in [-0.05, 0) is 30.7 Å². The van der Waals surface area contributed by atoms with E-state index in [2.05, 4.69) is 9.62 Å². The molecule has 29 heavy (non-hydrogen) atoms. The molecule has 1 amide bonds. The first kappa shape index (κ1) is 21.4. The maximum atomic E-state index is 12.7. The lowest BCUT2D eigenvalue weighted by Gasteiger charge is -2.37. The Labute approximate surface area is 176 Å². The number of nitrogens with zero attached hydrogens (tertiary/aromatic N) is 2. The quantitative estimate of drug-likeness (QED) is 0.760. The smallest absolute Gasteiger partial charge is 0.240 e. The van der Waals surface area contributed by atoms with Crippen LogP contribution in [0.15, 0.2) is 60.0 Å². The van der Waals surface area contributed by atoms with Crippen LogP contribution < -0.4 is 9.62 Å². The summed E-state index contributed by atoms with van der Waals surface area (Å²) in [6.45, 7) is 3.87. The predicted molar refractivity (Wildman–Crippen MR) is 117 cm³/mol. The predicted octanol–water partition coefficient (Wildman–Crippen LogP) is 2.97. The van der Waals surface area contributed by atoms with Crippen molar-refractivity contribution >= 4 is 39.3 Å². The molecule has 6 nitrogen and oxygen atoms in total. The summed E-state index contributed by atoms with van der Waals surface area (Å²) in [4.78, 5) is 16.5. The van der Waals surface area contributed by atoms with Gasteiger partial charge in [-0.3, -0.25) is 4.79 Å². The lowest BCUT2D eigenvalue weighted by atomic mass is 10.2. The highest BCUT2D eigenvalue weighted by Gasteiger charge is 2.27. The third kappa shape index (κ3) is 5.82. The van der Waals surface area contributed by atoms with Crippen LogP contribution in [0.2, 0.25) is 5.02 Å². The third-order valence-electron chi connectivity index (χ3n) is 4.74. The van der Waals surface area contributed by atoms with E-state index >= 15 is 0 Å². The van der Waals surface area contributed by atoms with Crippen molar-refractivity contribution in [3.8, 4) is 0 Å². The maximum Gasteiger partial charge on any atom is 0.240 e. The zero-order valence-electron chi connectivity index (χ0n) is 16.2. The first-order valence-electron chi connectivity index (χ1n) is 9.39. The molecular weight excluding hydrogens is 410 g/mol. The Kier molecular flexibility index (Phi) is 6.95. The summed E-state index contributed by atoms with van der Waals surface area (Å²) in [5.41, 5.74) is 1.72. The van der Waals surface area contributed by atoms with Gasteiger partial charge in [-0.15, -0.1) is 0 Å². The summed E-state index contributed by atoms with van der Waals surface area (Å²) >= 11 is 6.25. The highest BCUT2D eigenvalue weighted by atomic mass is 35.5. The molecule has 1 atom stereocenters. The van der Waals surface area contributed by atoms with E-state index in [1.54, 1.807) is 24.0 Å². The molecule has 3 rings (SSSR count). The lowest BCUT2D eigenvalue weighted by Crippen LogP contribution is -2.54. The van der Waals surface area contributed by atoms with Gasteiger partial charge in [-0.2, -0.15) is 4.72 Å². The van der Waals surface area contributed by atoms with Gasteiger partial charge in [0.05, 0.1) is 16.8 Å². The zero-order chi connectivity index (χ0) is 20.9.